The van der Waals surface area contributed by atoms with Crippen LogP contribution in [0.2, 0.25) is 0 Å². The molecule has 0 aliphatic heterocycles. The molecule has 5 aromatic rings. The molecule has 0 aliphatic carbocycles. The number of rotatable bonds is 4. The van der Waals surface area contributed by atoms with Crippen LogP contribution in [-0.4, -0.2) is 0 Å². The molecule has 0 N–H and O–H groups in total. The highest BCUT2D eigenvalue weighted by Gasteiger charge is 2.10. The first-order valence-electron chi connectivity index (χ1n) is 11.0. The molecule has 0 radical (unpaired) electrons. The van der Waals surface area contributed by atoms with Crippen molar-refractivity contribution >= 4 is 51.5 Å². The Kier molecular flexibility index (Phi) is 5.73. The van der Waals surface area contributed by atoms with Gasteiger partial charge < -0.3 is 0 Å². The van der Waals surface area contributed by atoms with Crippen molar-refractivity contribution in [3.63, 3.8) is 0 Å². The Morgan fingerprint density at radius 3 is 1.62 bits per heavy atom. The van der Waals surface area contributed by atoms with E-state index < -0.39 is 0 Å². The van der Waals surface area contributed by atoms with Gasteiger partial charge in [-0.25, -0.2) is 4.85 Å². The van der Waals surface area contributed by atoms with Gasteiger partial charge in [-0.3, -0.25) is 0 Å². The Morgan fingerprint density at radius 2 is 1.12 bits per heavy atom. The molecule has 5 aromatic carbocycles. The highest BCUT2D eigenvalue weighted by Crippen LogP contribution is 2.35. The Bertz CT molecular complexity index is 1600. The smallest absolute Gasteiger partial charge is 0.187 e. The summed E-state index contributed by atoms with van der Waals surface area (Å²) in [7, 11) is 0. The van der Waals surface area contributed by atoms with E-state index in [1.807, 2.05) is 48.5 Å². The van der Waals surface area contributed by atoms with Crippen molar-refractivity contribution in [3.05, 3.63) is 136 Å². The average molecular weight is 433 g/mol. The first kappa shape index (κ1) is 21.0. The van der Waals surface area contributed by atoms with Crippen molar-refractivity contribution in [3.8, 4) is 6.07 Å². The van der Waals surface area contributed by atoms with Crippen LogP contribution in [0.4, 0.5) is 5.69 Å². The summed E-state index contributed by atoms with van der Waals surface area (Å²) < 4.78 is 0. The maximum Gasteiger partial charge on any atom is 0.187 e. The standard InChI is InChI=1S/C32H20N2/c1-34-26-17-13-23(14-18-26)15-19-31-27-9-2-4-11-29(27)32(30-12-5-3-10-28(30)31)20-16-24-7-6-8-25(21-24)22-33/h2-21H. The molecular weight excluding hydrogens is 412 g/mol. The number of benzene rings is 5. The Hall–Kier alpha value is -4.92. The fourth-order valence-electron chi connectivity index (χ4n) is 4.29. The molecule has 0 bridgehead atoms. The van der Waals surface area contributed by atoms with E-state index in [1.54, 1.807) is 0 Å². The van der Waals surface area contributed by atoms with Crippen LogP contribution >= 0.6 is 0 Å². The third-order valence-corrected chi connectivity index (χ3v) is 5.94. The normalized spacial score (nSPS) is 11.2. The number of nitrogens with zero attached hydrogens (tertiary/aromatic N) is 2. The van der Waals surface area contributed by atoms with Crippen molar-refractivity contribution in [2.45, 2.75) is 0 Å². The van der Waals surface area contributed by atoms with E-state index in [1.165, 1.54) is 27.1 Å². The van der Waals surface area contributed by atoms with Crippen LogP contribution in [0, 0.1) is 17.9 Å². The lowest BCUT2D eigenvalue weighted by Crippen LogP contribution is -1.88. The highest BCUT2D eigenvalue weighted by atomic mass is 14.6. The van der Waals surface area contributed by atoms with Crippen molar-refractivity contribution in [1.29, 1.82) is 5.26 Å². The van der Waals surface area contributed by atoms with Gasteiger partial charge in [0.15, 0.2) is 5.69 Å². The van der Waals surface area contributed by atoms with Gasteiger partial charge in [0, 0.05) is 0 Å². The lowest BCUT2D eigenvalue weighted by atomic mass is 9.90. The van der Waals surface area contributed by atoms with Crippen LogP contribution in [-0.2, 0) is 0 Å². The molecule has 0 aliphatic rings. The van der Waals surface area contributed by atoms with Gasteiger partial charge in [0.2, 0.25) is 0 Å². The van der Waals surface area contributed by atoms with Crippen LogP contribution in [0.1, 0.15) is 27.8 Å². The molecular formula is C32H20N2. The highest BCUT2D eigenvalue weighted by molar-refractivity contribution is 6.14. The third kappa shape index (κ3) is 4.09. The van der Waals surface area contributed by atoms with Crippen LogP contribution in [0.15, 0.2) is 97.1 Å². The Morgan fingerprint density at radius 1 is 0.588 bits per heavy atom. The van der Waals surface area contributed by atoms with E-state index in [0.717, 1.165) is 16.7 Å². The summed E-state index contributed by atoms with van der Waals surface area (Å²) in [6.45, 7) is 7.15. The van der Waals surface area contributed by atoms with E-state index in [2.05, 4.69) is 83.7 Å². The summed E-state index contributed by atoms with van der Waals surface area (Å²) in [6.07, 6.45) is 8.49. The summed E-state index contributed by atoms with van der Waals surface area (Å²) in [4.78, 5) is 3.47. The van der Waals surface area contributed by atoms with Gasteiger partial charge in [-0.2, -0.15) is 5.26 Å². The van der Waals surface area contributed by atoms with Crippen LogP contribution in [0.3, 0.4) is 0 Å². The second kappa shape index (κ2) is 9.29. The number of hydrogen-bond donors (Lipinski definition) is 0. The maximum atomic E-state index is 9.23. The molecule has 0 amide bonds. The molecule has 0 fully saturated rings. The van der Waals surface area contributed by atoms with Gasteiger partial charge in [0.25, 0.3) is 0 Å². The van der Waals surface area contributed by atoms with Gasteiger partial charge in [0.1, 0.15) is 0 Å². The number of fused-ring (bicyclic) bond motifs is 2. The monoisotopic (exact) mass is 432 g/mol. The number of nitriles is 1. The van der Waals surface area contributed by atoms with Gasteiger partial charge in [0.05, 0.1) is 18.2 Å². The zero-order chi connectivity index (χ0) is 23.3. The minimum absolute atomic E-state index is 0.643. The minimum Gasteiger partial charge on any atom is -0.238 e. The van der Waals surface area contributed by atoms with E-state index in [9.17, 15) is 5.26 Å². The van der Waals surface area contributed by atoms with Crippen LogP contribution < -0.4 is 0 Å². The molecule has 0 saturated carbocycles. The first-order valence-corrected chi connectivity index (χ1v) is 11.0. The molecule has 0 spiro atoms. The lowest BCUT2D eigenvalue weighted by molar-refractivity contribution is 1.48. The number of hydrogen-bond acceptors (Lipinski definition) is 1. The van der Waals surface area contributed by atoms with Crippen molar-refractivity contribution < 1.29 is 0 Å². The Labute approximate surface area is 199 Å². The van der Waals surface area contributed by atoms with Crippen LogP contribution in [0.25, 0.3) is 50.7 Å². The predicted molar refractivity (Wildman–Crippen MR) is 143 cm³/mol. The summed E-state index contributed by atoms with van der Waals surface area (Å²) >= 11 is 0. The van der Waals surface area contributed by atoms with Gasteiger partial charge in [-0.15, -0.1) is 0 Å². The van der Waals surface area contributed by atoms with E-state index in [4.69, 9.17) is 6.57 Å². The van der Waals surface area contributed by atoms with Gasteiger partial charge in [-0.1, -0.05) is 109 Å². The second-order valence-corrected chi connectivity index (χ2v) is 8.03. The SMILES string of the molecule is [C-]#[N+]c1ccc(C=Cc2c3ccccc3c(C=Cc3cccc(C#N)c3)c3ccccc23)cc1. The summed E-state index contributed by atoms with van der Waals surface area (Å²) in [5.74, 6) is 0. The molecule has 34 heavy (non-hydrogen) atoms. The van der Waals surface area contributed by atoms with E-state index >= 15 is 0 Å². The fraction of sp³-hybridized carbons (Fsp3) is 0. The van der Waals surface area contributed by atoms with Crippen molar-refractivity contribution in [2.24, 2.45) is 0 Å². The average Bonchev–Trinajstić information content (AvgIpc) is 2.91. The van der Waals surface area contributed by atoms with Gasteiger partial charge >= 0.3 is 0 Å². The molecule has 0 aromatic heterocycles. The molecule has 2 nitrogen and oxygen atoms in total. The quantitative estimate of drug-likeness (QED) is 0.158. The molecule has 0 heterocycles. The molecule has 0 atom stereocenters. The van der Waals surface area contributed by atoms with Crippen molar-refractivity contribution in [1.82, 2.24) is 0 Å². The zero-order valence-corrected chi connectivity index (χ0v) is 18.4. The summed E-state index contributed by atoms with van der Waals surface area (Å²) in [5.41, 5.74) is 5.68. The predicted octanol–water partition coefficient (Wildman–Crippen LogP) is 8.76. The van der Waals surface area contributed by atoms with Gasteiger partial charge in [-0.05, 0) is 55.9 Å². The third-order valence-electron chi connectivity index (χ3n) is 5.94. The topological polar surface area (TPSA) is 28.1 Å². The van der Waals surface area contributed by atoms with Crippen LogP contribution in [0.5, 0.6) is 0 Å². The molecule has 5 rings (SSSR count). The summed E-state index contributed by atoms with van der Waals surface area (Å²) in [6, 6.07) is 34.4. The fourth-order valence-corrected chi connectivity index (χ4v) is 4.29. The maximum absolute atomic E-state index is 9.23. The summed E-state index contributed by atoms with van der Waals surface area (Å²) in [5, 5.41) is 13.9. The first-order chi connectivity index (χ1) is 16.8. The van der Waals surface area contributed by atoms with E-state index in [0.29, 0.717) is 11.3 Å². The molecule has 158 valence electrons. The van der Waals surface area contributed by atoms with E-state index in [-0.39, 0.29) is 0 Å². The zero-order valence-electron chi connectivity index (χ0n) is 18.4. The second-order valence-electron chi connectivity index (χ2n) is 8.03. The molecule has 0 saturated heterocycles. The molecule has 2 heteroatoms. The lowest BCUT2D eigenvalue weighted by Gasteiger charge is -2.13. The largest absolute Gasteiger partial charge is 0.238 e. The molecule has 0 unspecified atom stereocenters. The van der Waals surface area contributed by atoms with Crippen molar-refractivity contribution in [2.75, 3.05) is 0 Å². The minimum atomic E-state index is 0.643. The Balaban J connectivity index is 1.68.